The molecule has 4 unspecified atom stereocenters. The Morgan fingerprint density at radius 1 is 1.32 bits per heavy atom. The Labute approximate surface area is 126 Å². The molecule has 4 atom stereocenters. The third-order valence-electron chi connectivity index (χ3n) is 4.12. The van der Waals surface area contributed by atoms with Crippen LogP contribution in [-0.2, 0) is 0 Å². The lowest BCUT2D eigenvalue weighted by Crippen LogP contribution is -2.53. The quantitative estimate of drug-likeness (QED) is 0.491. The number of rotatable bonds is 2. The number of carbonyl (C=O) groups is 1. The van der Waals surface area contributed by atoms with E-state index in [1.54, 1.807) is 4.90 Å². The average Bonchev–Trinajstić information content (AvgIpc) is 2.47. The molecule has 100 valence electrons. The predicted octanol–water partition coefficient (Wildman–Crippen LogP) is 3.72. The molecule has 2 aliphatic heterocycles. The Morgan fingerprint density at radius 3 is 2.68 bits per heavy atom. The number of hydrogen-bond acceptors (Lipinski definition) is 1. The summed E-state index contributed by atoms with van der Waals surface area (Å²) in [5.74, 6) is 0.759. The Balaban J connectivity index is 1.86. The van der Waals surface area contributed by atoms with Gasteiger partial charge in [0.2, 0.25) is 0 Å². The summed E-state index contributed by atoms with van der Waals surface area (Å²) in [5.41, 5.74) is 1.29. The zero-order valence-corrected chi connectivity index (χ0v) is 12.6. The van der Waals surface area contributed by atoms with E-state index in [4.69, 9.17) is 0 Å². The smallest absolute Gasteiger partial charge is 0.407 e. The van der Waals surface area contributed by atoms with E-state index in [-0.39, 0.29) is 6.04 Å². The van der Waals surface area contributed by atoms with Crippen LogP contribution in [0.25, 0.3) is 0 Å². The summed E-state index contributed by atoms with van der Waals surface area (Å²) in [6.07, 6.45) is 4.58. The molecule has 1 aromatic rings. The van der Waals surface area contributed by atoms with Crippen LogP contribution >= 0.6 is 22.6 Å². The monoisotopic (exact) mass is 369 g/mol. The average molecular weight is 369 g/mol. The molecule has 4 rings (SSSR count). The van der Waals surface area contributed by atoms with E-state index in [2.05, 4.69) is 46.9 Å². The van der Waals surface area contributed by atoms with Crippen LogP contribution in [0.3, 0.4) is 0 Å². The van der Waals surface area contributed by atoms with Gasteiger partial charge in [-0.05, 0) is 23.8 Å². The summed E-state index contributed by atoms with van der Waals surface area (Å²) in [4.78, 5) is 12.9. The zero-order chi connectivity index (χ0) is 13.4. The molecule has 0 saturated carbocycles. The maximum absolute atomic E-state index is 11.3. The first-order valence-corrected chi connectivity index (χ1v) is 7.78. The maximum atomic E-state index is 11.3. The lowest BCUT2D eigenvalue weighted by Gasteiger charge is -2.46. The summed E-state index contributed by atoms with van der Waals surface area (Å²) >= 11 is 2.47. The van der Waals surface area contributed by atoms with Crippen molar-refractivity contribution < 1.29 is 9.90 Å². The molecule has 1 aliphatic carbocycles. The summed E-state index contributed by atoms with van der Waals surface area (Å²) in [5, 5.41) is 9.32. The Kier molecular flexibility index (Phi) is 3.52. The van der Waals surface area contributed by atoms with Gasteiger partial charge in [-0.1, -0.05) is 65.1 Å². The second kappa shape index (κ2) is 5.15. The van der Waals surface area contributed by atoms with Crippen LogP contribution in [0, 0.1) is 11.8 Å². The first kappa shape index (κ1) is 13.0. The van der Waals surface area contributed by atoms with E-state index in [1.165, 1.54) is 5.56 Å². The van der Waals surface area contributed by atoms with E-state index in [0.29, 0.717) is 22.3 Å². The van der Waals surface area contributed by atoms with Crippen LogP contribution in [0.2, 0.25) is 0 Å². The van der Waals surface area contributed by atoms with Gasteiger partial charge >= 0.3 is 6.09 Å². The molecule has 0 radical (unpaired) electrons. The molecule has 1 N–H and O–H groups in total. The SMILES string of the molecule is O=C(O)N1CC2C=CC1C(C(I)c1ccccc1)C2. The van der Waals surface area contributed by atoms with Crippen molar-refractivity contribution in [3.05, 3.63) is 48.0 Å². The predicted molar refractivity (Wildman–Crippen MR) is 82.5 cm³/mol. The van der Waals surface area contributed by atoms with Crippen LogP contribution in [0.15, 0.2) is 42.5 Å². The van der Waals surface area contributed by atoms with Gasteiger partial charge < -0.3 is 10.0 Å². The molecule has 1 saturated heterocycles. The second-order valence-corrected chi connectivity index (χ2v) is 6.62. The number of fused-ring (bicyclic) bond motifs is 2. The normalized spacial score (nSPS) is 30.4. The Bertz CT molecular complexity index is 502. The molecule has 0 spiro atoms. The van der Waals surface area contributed by atoms with Crippen LogP contribution < -0.4 is 0 Å². The summed E-state index contributed by atoms with van der Waals surface area (Å²) in [7, 11) is 0. The minimum absolute atomic E-state index is 0.0320. The van der Waals surface area contributed by atoms with Crippen LogP contribution in [0.1, 0.15) is 15.9 Å². The zero-order valence-electron chi connectivity index (χ0n) is 10.4. The van der Waals surface area contributed by atoms with Crippen molar-refractivity contribution in [1.29, 1.82) is 0 Å². The fraction of sp³-hybridized carbons (Fsp3) is 0.400. The number of benzene rings is 1. The summed E-state index contributed by atoms with van der Waals surface area (Å²) < 4.78 is 0.360. The van der Waals surface area contributed by atoms with E-state index in [1.807, 2.05) is 18.2 Å². The molecule has 1 fully saturated rings. The molecule has 1 aromatic carbocycles. The molecule has 3 nitrogen and oxygen atoms in total. The molecular weight excluding hydrogens is 353 g/mol. The summed E-state index contributed by atoms with van der Waals surface area (Å²) in [6, 6.07) is 10.4. The second-order valence-electron chi connectivity index (χ2n) is 5.28. The van der Waals surface area contributed by atoms with Crippen LogP contribution in [0.4, 0.5) is 4.79 Å². The molecule has 1 amide bonds. The highest BCUT2D eigenvalue weighted by Gasteiger charge is 2.42. The first-order chi connectivity index (χ1) is 9.16. The van der Waals surface area contributed by atoms with Gasteiger partial charge in [-0.3, -0.25) is 0 Å². The third kappa shape index (κ3) is 2.38. The molecular formula is C15H16INO2. The van der Waals surface area contributed by atoms with Gasteiger partial charge in [0.1, 0.15) is 0 Å². The van der Waals surface area contributed by atoms with Crippen molar-refractivity contribution in [2.45, 2.75) is 16.4 Å². The number of piperidine rings is 1. The largest absolute Gasteiger partial charge is 0.465 e. The number of carboxylic acid groups (broad SMARTS) is 1. The van der Waals surface area contributed by atoms with E-state index in [0.717, 1.165) is 6.42 Å². The molecule has 2 heterocycles. The van der Waals surface area contributed by atoms with Crippen molar-refractivity contribution in [3.8, 4) is 0 Å². The summed E-state index contributed by atoms with van der Waals surface area (Å²) in [6.45, 7) is 0.658. The van der Waals surface area contributed by atoms with Crippen molar-refractivity contribution in [2.75, 3.05) is 6.54 Å². The molecule has 4 heteroatoms. The van der Waals surface area contributed by atoms with Gasteiger partial charge in [-0.25, -0.2) is 4.79 Å². The minimum atomic E-state index is -0.791. The van der Waals surface area contributed by atoms with Gasteiger partial charge in [0.05, 0.1) is 6.04 Å². The maximum Gasteiger partial charge on any atom is 0.407 e. The van der Waals surface area contributed by atoms with Crippen molar-refractivity contribution in [1.82, 2.24) is 4.90 Å². The molecule has 19 heavy (non-hydrogen) atoms. The number of halogens is 1. The van der Waals surface area contributed by atoms with Crippen LogP contribution in [0.5, 0.6) is 0 Å². The number of alkyl halides is 1. The van der Waals surface area contributed by atoms with E-state index >= 15 is 0 Å². The highest BCUT2D eigenvalue weighted by molar-refractivity contribution is 14.1. The highest BCUT2D eigenvalue weighted by Crippen LogP contribution is 2.45. The van der Waals surface area contributed by atoms with Crippen LogP contribution in [-0.4, -0.2) is 28.7 Å². The number of nitrogens with zero attached hydrogens (tertiary/aromatic N) is 1. The van der Waals surface area contributed by atoms with E-state index in [9.17, 15) is 9.90 Å². The third-order valence-corrected chi connectivity index (χ3v) is 5.77. The Morgan fingerprint density at radius 2 is 2.05 bits per heavy atom. The fourth-order valence-electron chi connectivity index (χ4n) is 3.21. The van der Waals surface area contributed by atoms with E-state index < -0.39 is 6.09 Å². The van der Waals surface area contributed by atoms with Gasteiger partial charge in [0, 0.05) is 10.5 Å². The molecule has 3 aliphatic rings. The molecule has 0 aromatic heterocycles. The van der Waals surface area contributed by atoms with Crippen molar-refractivity contribution in [3.63, 3.8) is 0 Å². The lowest BCUT2D eigenvalue weighted by molar-refractivity contribution is 0.0732. The molecule has 2 bridgehead atoms. The number of hydrogen-bond donors (Lipinski definition) is 1. The Hall–Kier alpha value is -1.04. The fourth-order valence-corrected chi connectivity index (χ4v) is 4.34. The first-order valence-electron chi connectivity index (χ1n) is 6.53. The highest BCUT2D eigenvalue weighted by atomic mass is 127. The minimum Gasteiger partial charge on any atom is -0.465 e. The number of amides is 1. The van der Waals surface area contributed by atoms with Gasteiger partial charge in [0.15, 0.2) is 0 Å². The van der Waals surface area contributed by atoms with Crippen molar-refractivity contribution >= 4 is 28.7 Å². The van der Waals surface area contributed by atoms with Gasteiger partial charge in [-0.15, -0.1) is 0 Å². The lowest BCUT2D eigenvalue weighted by atomic mass is 9.75. The van der Waals surface area contributed by atoms with Crippen molar-refractivity contribution in [2.24, 2.45) is 11.8 Å². The standard InChI is InChI=1S/C15H16INO2/c16-14(11-4-2-1-3-5-11)12-8-10-6-7-13(12)17(9-10)15(18)19/h1-7,10,12-14H,8-9H2,(H,18,19). The topological polar surface area (TPSA) is 40.5 Å². The van der Waals surface area contributed by atoms with Gasteiger partial charge in [-0.2, -0.15) is 0 Å². The van der Waals surface area contributed by atoms with Gasteiger partial charge in [0.25, 0.3) is 0 Å².